The average molecular weight is 295 g/mol. The monoisotopic (exact) mass is 295 g/mol. The number of hydrogen-bond acceptors (Lipinski definition) is 4. The molecule has 0 aliphatic rings. The molecule has 0 fully saturated rings. The summed E-state index contributed by atoms with van der Waals surface area (Å²) in [6.45, 7) is 12.0. The molecule has 0 amide bonds. The van der Waals surface area contributed by atoms with E-state index < -0.39 is 0 Å². The van der Waals surface area contributed by atoms with Crippen LogP contribution in [-0.2, 0) is 12.0 Å². The van der Waals surface area contributed by atoms with E-state index in [1.807, 2.05) is 20.8 Å². The third kappa shape index (κ3) is 6.60. The number of guanidine groups is 1. The topological polar surface area (TPSA) is 75.3 Å². The number of hydrogen-bond donors (Lipinski definition) is 2. The van der Waals surface area contributed by atoms with Crippen LogP contribution in [0.2, 0.25) is 0 Å². The quantitative estimate of drug-likeness (QED) is 0.479. The number of nitrogens with zero attached hydrogens (tertiary/aromatic N) is 3. The summed E-state index contributed by atoms with van der Waals surface area (Å²) < 4.78 is 5.26. The van der Waals surface area contributed by atoms with Crippen molar-refractivity contribution in [3.8, 4) is 0 Å². The van der Waals surface area contributed by atoms with Gasteiger partial charge in [0.1, 0.15) is 0 Å². The Morgan fingerprint density at radius 3 is 2.52 bits per heavy atom. The molecule has 0 saturated heterocycles. The first kappa shape index (κ1) is 17.5. The van der Waals surface area contributed by atoms with Crippen molar-refractivity contribution in [1.29, 1.82) is 0 Å². The van der Waals surface area contributed by atoms with Gasteiger partial charge in [0.2, 0.25) is 5.89 Å². The summed E-state index contributed by atoms with van der Waals surface area (Å²) in [4.78, 5) is 8.57. The molecule has 0 radical (unpaired) electrons. The first-order chi connectivity index (χ1) is 9.82. The Morgan fingerprint density at radius 2 is 2.00 bits per heavy atom. The van der Waals surface area contributed by atoms with Gasteiger partial charge in [0.15, 0.2) is 11.8 Å². The van der Waals surface area contributed by atoms with Crippen molar-refractivity contribution in [2.24, 2.45) is 10.9 Å². The molecule has 1 aromatic heterocycles. The lowest BCUT2D eigenvalue weighted by atomic mass is 9.97. The molecule has 6 nitrogen and oxygen atoms in total. The molecule has 0 aromatic carbocycles. The van der Waals surface area contributed by atoms with Gasteiger partial charge in [-0.25, -0.2) is 0 Å². The largest absolute Gasteiger partial charge is 0.356 e. The van der Waals surface area contributed by atoms with E-state index in [0.29, 0.717) is 18.3 Å². The van der Waals surface area contributed by atoms with Gasteiger partial charge in [0, 0.05) is 19.0 Å². The molecular formula is C15H29N5O. The van der Waals surface area contributed by atoms with Crippen LogP contribution in [0.4, 0.5) is 0 Å². The van der Waals surface area contributed by atoms with Gasteiger partial charge in [-0.2, -0.15) is 4.98 Å². The second kappa shape index (κ2) is 8.00. The standard InChI is InChI=1S/C15H29N5O/c1-11(2)8-7-9-17-14(16-6)18-10-12-19-13(21-20-12)15(3,4)5/h11H,7-10H2,1-6H3,(H2,16,17,18). The summed E-state index contributed by atoms with van der Waals surface area (Å²) in [5.74, 6) is 2.79. The minimum absolute atomic E-state index is 0.123. The maximum absolute atomic E-state index is 5.26. The van der Waals surface area contributed by atoms with Crippen molar-refractivity contribution in [3.05, 3.63) is 11.7 Å². The SMILES string of the molecule is CN=C(NCCCC(C)C)NCc1noc(C(C)(C)C)n1. The van der Waals surface area contributed by atoms with Gasteiger partial charge in [-0.1, -0.05) is 39.8 Å². The summed E-state index contributed by atoms with van der Waals surface area (Å²) in [6.07, 6.45) is 2.35. The molecule has 0 spiro atoms. The van der Waals surface area contributed by atoms with E-state index >= 15 is 0 Å². The van der Waals surface area contributed by atoms with Crippen molar-refractivity contribution in [2.75, 3.05) is 13.6 Å². The van der Waals surface area contributed by atoms with Gasteiger partial charge in [-0.05, 0) is 18.8 Å². The Labute approximate surface area is 127 Å². The molecule has 1 aromatic rings. The minimum atomic E-state index is -0.123. The summed E-state index contributed by atoms with van der Waals surface area (Å²) >= 11 is 0. The van der Waals surface area contributed by atoms with Crippen LogP contribution in [0.25, 0.3) is 0 Å². The number of aliphatic imine (C=N–C) groups is 1. The summed E-state index contributed by atoms with van der Waals surface area (Å²) in [7, 11) is 1.76. The number of aromatic nitrogens is 2. The van der Waals surface area contributed by atoms with E-state index in [9.17, 15) is 0 Å². The van der Waals surface area contributed by atoms with Crippen molar-refractivity contribution in [1.82, 2.24) is 20.8 Å². The zero-order chi connectivity index (χ0) is 15.9. The van der Waals surface area contributed by atoms with Crippen LogP contribution in [0.5, 0.6) is 0 Å². The molecular weight excluding hydrogens is 266 g/mol. The normalized spacial score (nSPS) is 12.8. The highest BCUT2D eigenvalue weighted by Gasteiger charge is 2.21. The molecule has 1 rings (SSSR count). The Bertz CT molecular complexity index is 445. The maximum Gasteiger partial charge on any atom is 0.232 e. The van der Waals surface area contributed by atoms with Gasteiger partial charge in [0.25, 0.3) is 0 Å². The molecule has 2 N–H and O–H groups in total. The van der Waals surface area contributed by atoms with Crippen molar-refractivity contribution < 1.29 is 4.52 Å². The number of rotatable bonds is 6. The second-order valence-electron chi connectivity index (χ2n) is 6.65. The summed E-state index contributed by atoms with van der Waals surface area (Å²) in [6, 6.07) is 0. The van der Waals surface area contributed by atoms with Gasteiger partial charge >= 0.3 is 0 Å². The van der Waals surface area contributed by atoms with E-state index in [-0.39, 0.29) is 5.41 Å². The fraction of sp³-hybridized carbons (Fsp3) is 0.800. The third-order valence-corrected chi connectivity index (χ3v) is 3.00. The van der Waals surface area contributed by atoms with Crippen LogP contribution in [0.1, 0.15) is 59.2 Å². The highest BCUT2D eigenvalue weighted by atomic mass is 16.5. The average Bonchev–Trinajstić information content (AvgIpc) is 2.86. The van der Waals surface area contributed by atoms with E-state index in [1.54, 1.807) is 7.05 Å². The highest BCUT2D eigenvalue weighted by molar-refractivity contribution is 5.79. The van der Waals surface area contributed by atoms with Crippen molar-refractivity contribution >= 4 is 5.96 Å². The molecule has 0 unspecified atom stereocenters. The van der Waals surface area contributed by atoms with E-state index in [4.69, 9.17) is 4.52 Å². The fourth-order valence-electron chi connectivity index (χ4n) is 1.73. The Morgan fingerprint density at radius 1 is 1.29 bits per heavy atom. The summed E-state index contributed by atoms with van der Waals surface area (Å²) in [5.41, 5.74) is -0.123. The van der Waals surface area contributed by atoms with Gasteiger partial charge in [-0.3, -0.25) is 4.99 Å². The van der Waals surface area contributed by atoms with Crippen molar-refractivity contribution in [2.45, 2.75) is 59.4 Å². The predicted molar refractivity (Wildman–Crippen MR) is 85.3 cm³/mol. The first-order valence-corrected chi connectivity index (χ1v) is 7.60. The second-order valence-corrected chi connectivity index (χ2v) is 6.65. The molecule has 21 heavy (non-hydrogen) atoms. The lowest BCUT2D eigenvalue weighted by Crippen LogP contribution is -2.37. The molecule has 0 saturated carbocycles. The van der Waals surface area contributed by atoms with Crippen LogP contribution in [-0.4, -0.2) is 29.7 Å². The lowest BCUT2D eigenvalue weighted by Gasteiger charge is -2.11. The third-order valence-electron chi connectivity index (χ3n) is 3.00. The zero-order valence-electron chi connectivity index (χ0n) is 14.2. The van der Waals surface area contributed by atoms with E-state index in [2.05, 4.69) is 39.6 Å². The predicted octanol–water partition coefficient (Wildman–Crippen LogP) is 2.47. The van der Waals surface area contributed by atoms with Crippen LogP contribution < -0.4 is 10.6 Å². The van der Waals surface area contributed by atoms with Gasteiger partial charge < -0.3 is 15.2 Å². The van der Waals surface area contributed by atoms with Crippen LogP contribution in [0, 0.1) is 5.92 Å². The minimum Gasteiger partial charge on any atom is -0.356 e. The molecule has 0 bridgehead atoms. The smallest absolute Gasteiger partial charge is 0.232 e. The van der Waals surface area contributed by atoms with Crippen LogP contribution in [0.3, 0.4) is 0 Å². The van der Waals surface area contributed by atoms with Crippen LogP contribution >= 0.6 is 0 Å². The zero-order valence-corrected chi connectivity index (χ0v) is 14.2. The van der Waals surface area contributed by atoms with Gasteiger partial charge in [-0.15, -0.1) is 0 Å². The van der Waals surface area contributed by atoms with Crippen molar-refractivity contribution in [3.63, 3.8) is 0 Å². The Balaban J connectivity index is 2.37. The molecule has 1 heterocycles. The fourth-order valence-corrected chi connectivity index (χ4v) is 1.73. The molecule has 0 aliphatic carbocycles. The van der Waals surface area contributed by atoms with Gasteiger partial charge in [0.05, 0.1) is 6.54 Å². The lowest BCUT2D eigenvalue weighted by molar-refractivity contribution is 0.318. The van der Waals surface area contributed by atoms with E-state index in [1.165, 1.54) is 6.42 Å². The van der Waals surface area contributed by atoms with E-state index in [0.717, 1.165) is 24.8 Å². The molecule has 0 atom stereocenters. The number of nitrogens with one attached hydrogen (secondary N) is 2. The molecule has 0 aliphatic heterocycles. The summed E-state index contributed by atoms with van der Waals surface area (Å²) in [5, 5.41) is 10.5. The Hall–Kier alpha value is -1.59. The highest BCUT2D eigenvalue weighted by Crippen LogP contribution is 2.19. The molecule has 120 valence electrons. The Kier molecular flexibility index (Phi) is 6.65. The van der Waals surface area contributed by atoms with Crippen LogP contribution in [0.15, 0.2) is 9.52 Å². The molecule has 6 heteroatoms. The maximum atomic E-state index is 5.26. The first-order valence-electron chi connectivity index (χ1n) is 7.60.